The number of pyridine rings is 1. The average Bonchev–Trinajstić information content (AvgIpc) is 3.33. The molecule has 7 nitrogen and oxygen atoms in total. The van der Waals surface area contributed by atoms with Gasteiger partial charge in [-0.15, -0.1) is 0 Å². The molecular formula is C27H22F3N5O2. The first kappa shape index (κ1) is 24.2. The van der Waals surface area contributed by atoms with Gasteiger partial charge in [-0.2, -0.15) is 13.2 Å². The van der Waals surface area contributed by atoms with Crippen LogP contribution in [0.1, 0.15) is 27.0 Å². The van der Waals surface area contributed by atoms with E-state index in [0.29, 0.717) is 47.0 Å². The Hall–Kier alpha value is -4.47. The Labute approximate surface area is 211 Å². The maximum atomic E-state index is 13.4. The molecule has 188 valence electrons. The minimum atomic E-state index is -4.49. The van der Waals surface area contributed by atoms with Crippen molar-refractivity contribution in [3.8, 4) is 22.9 Å². The van der Waals surface area contributed by atoms with Crippen molar-refractivity contribution in [1.29, 1.82) is 0 Å². The van der Waals surface area contributed by atoms with Gasteiger partial charge in [0, 0.05) is 37.2 Å². The number of carbonyl (C=O) groups is 1. The summed E-state index contributed by atoms with van der Waals surface area (Å²) in [5.74, 6) is 0.726. The molecule has 0 saturated heterocycles. The number of nitrogens with zero attached hydrogens (tertiary/aromatic N) is 4. The minimum absolute atomic E-state index is 0.277. The number of anilines is 2. The van der Waals surface area contributed by atoms with Crippen molar-refractivity contribution in [2.24, 2.45) is 0 Å². The molecule has 1 N–H and O–H groups in total. The fourth-order valence-corrected chi connectivity index (χ4v) is 4.17. The smallest absolute Gasteiger partial charge is 0.416 e. The molecule has 0 bridgehead atoms. The normalized spacial score (nSPS) is 12.8. The van der Waals surface area contributed by atoms with E-state index in [9.17, 15) is 18.0 Å². The molecule has 0 radical (unpaired) electrons. The number of aromatic nitrogens is 3. The summed E-state index contributed by atoms with van der Waals surface area (Å²) in [4.78, 5) is 27.7. The van der Waals surface area contributed by atoms with Crippen LogP contribution >= 0.6 is 0 Å². The Kier molecular flexibility index (Phi) is 6.24. The molecule has 0 spiro atoms. The molecule has 2 aromatic heterocycles. The van der Waals surface area contributed by atoms with E-state index in [2.05, 4.69) is 20.3 Å². The van der Waals surface area contributed by atoms with Gasteiger partial charge in [-0.05, 0) is 66.9 Å². The van der Waals surface area contributed by atoms with Gasteiger partial charge in [-0.25, -0.2) is 15.0 Å². The first-order chi connectivity index (χ1) is 17.7. The Morgan fingerprint density at radius 1 is 1.05 bits per heavy atom. The van der Waals surface area contributed by atoms with Crippen molar-refractivity contribution < 1.29 is 22.7 Å². The number of rotatable bonds is 5. The van der Waals surface area contributed by atoms with Crippen LogP contribution in [0.5, 0.6) is 11.6 Å². The summed E-state index contributed by atoms with van der Waals surface area (Å²) >= 11 is 0. The van der Waals surface area contributed by atoms with E-state index in [4.69, 9.17) is 4.74 Å². The lowest BCUT2D eigenvalue weighted by molar-refractivity contribution is -0.137. The molecule has 1 amide bonds. The first-order valence-electron chi connectivity index (χ1n) is 11.5. The number of hydrogen-bond donors (Lipinski definition) is 1. The molecule has 5 rings (SSSR count). The molecule has 0 fully saturated rings. The fourth-order valence-electron chi connectivity index (χ4n) is 4.17. The van der Waals surface area contributed by atoms with Crippen LogP contribution in [0.4, 0.5) is 24.8 Å². The third kappa shape index (κ3) is 4.82. The van der Waals surface area contributed by atoms with Gasteiger partial charge in [0.05, 0.1) is 16.8 Å². The Balaban J connectivity index is 1.46. The number of aryl methyl sites for hydroxylation is 1. The third-order valence-corrected chi connectivity index (χ3v) is 6.12. The summed E-state index contributed by atoms with van der Waals surface area (Å²) in [6.45, 7) is 2.13. The van der Waals surface area contributed by atoms with Crippen molar-refractivity contribution in [2.75, 3.05) is 23.8 Å². The van der Waals surface area contributed by atoms with E-state index in [1.807, 2.05) is 13.0 Å². The molecule has 4 aromatic rings. The second-order valence-corrected chi connectivity index (χ2v) is 8.50. The number of fused-ring (bicyclic) bond motifs is 1. The molecular weight excluding hydrogens is 483 g/mol. The second kappa shape index (κ2) is 9.53. The zero-order valence-corrected chi connectivity index (χ0v) is 20.0. The van der Waals surface area contributed by atoms with Crippen LogP contribution in [0, 0.1) is 6.92 Å². The zero-order valence-electron chi connectivity index (χ0n) is 20.0. The van der Waals surface area contributed by atoms with Gasteiger partial charge in [0.15, 0.2) is 0 Å². The molecule has 0 unspecified atom stereocenters. The lowest BCUT2D eigenvalue weighted by Gasteiger charge is -2.19. The highest BCUT2D eigenvalue weighted by atomic mass is 19.4. The summed E-state index contributed by atoms with van der Waals surface area (Å²) in [5.41, 5.74) is 2.48. The molecule has 0 saturated carbocycles. The van der Waals surface area contributed by atoms with E-state index in [1.165, 1.54) is 11.0 Å². The summed E-state index contributed by atoms with van der Waals surface area (Å²) in [7, 11) is 1.72. The minimum Gasteiger partial charge on any atom is -0.438 e. The molecule has 1 aliphatic rings. The maximum Gasteiger partial charge on any atom is 0.416 e. The maximum absolute atomic E-state index is 13.4. The molecule has 10 heteroatoms. The van der Waals surface area contributed by atoms with E-state index in [0.717, 1.165) is 17.7 Å². The number of alkyl halides is 3. The van der Waals surface area contributed by atoms with Gasteiger partial charge in [0.25, 0.3) is 5.91 Å². The van der Waals surface area contributed by atoms with E-state index >= 15 is 0 Å². The average molecular weight is 506 g/mol. The van der Waals surface area contributed by atoms with Gasteiger partial charge in [-0.1, -0.05) is 12.1 Å². The van der Waals surface area contributed by atoms with Crippen molar-refractivity contribution in [2.45, 2.75) is 19.5 Å². The van der Waals surface area contributed by atoms with Crippen LogP contribution in [0.25, 0.3) is 11.3 Å². The topological polar surface area (TPSA) is 80.2 Å². The van der Waals surface area contributed by atoms with Crippen LogP contribution < -0.4 is 15.0 Å². The summed E-state index contributed by atoms with van der Waals surface area (Å²) in [5, 5.41) is 2.89. The molecule has 0 atom stereocenters. The van der Waals surface area contributed by atoms with Crippen LogP contribution in [0.15, 0.2) is 67.0 Å². The lowest BCUT2D eigenvalue weighted by atomic mass is 10.1. The standard InChI is InChI=1S/C27H22F3N5O2/c1-16-5-6-18(25(36)35-13-10-17-7-8-19(15-22(17)35)27(28,29)30)14-23(16)37-24-20(4-3-11-32-24)21-9-12-33-26(31-2)34-21/h3-9,11-12,14-15H,10,13H2,1-2H3,(H,31,33,34). The Morgan fingerprint density at radius 3 is 2.68 bits per heavy atom. The SMILES string of the molecule is CNc1nccc(-c2cccnc2Oc2cc(C(=O)N3CCc4ccc(C(F)(F)F)cc43)ccc2C)n1. The highest BCUT2D eigenvalue weighted by Crippen LogP contribution is 2.37. The van der Waals surface area contributed by atoms with E-state index in [-0.39, 0.29) is 11.6 Å². The van der Waals surface area contributed by atoms with E-state index < -0.39 is 17.6 Å². The second-order valence-electron chi connectivity index (χ2n) is 8.50. The number of benzene rings is 2. The number of hydrogen-bond acceptors (Lipinski definition) is 6. The van der Waals surface area contributed by atoms with Gasteiger partial charge in [-0.3, -0.25) is 4.79 Å². The van der Waals surface area contributed by atoms with Crippen LogP contribution in [0.2, 0.25) is 0 Å². The summed E-state index contributed by atoms with van der Waals surface area (Å²) < 4.78 is 46.0. The van der Waals surface area contributed by atoms with Crippen LogP contribution in [-0.4, -0.2) is 34.5 Å². The molecule has 0 aliphatic carbocycles. The predicted molar refractivity (Wildman–Crippen MR) is 133 cm³/mol. The fraction of sp³-hybridized carbons (Fsp3) is 0.185. The predicted octanol–water partition coefficient (Wildman–Crippen LogP) is 5.90. The third-order valence-electron chi connectivity index (χ3n) is 6.12. The van der Waals surface area contributed by atoms with Gasteiger partial charge >= 0.3 is 6.18 Å². The first-order valence-corrected chi connectivity index (χ1v) is 11.5. The Morgan fingerprint density at radius 2 is 1.89 bits per heavy atom. The van der Waals surface area contributed by atoms with Gasteiger partial charge in [0.1, 0.15) is 5.75 Å². The highest BCUT2D eigenvalue weighted by Gasteiger charge is 2.34. The zero-order chi connectivity index (χ0) is 26.2. The number of carbonyl (C=O) groups excluding carboxylic acids is 1. The number of ether oxygens (including phenoxy) is 1. The van der Waals surface area contributed by atoms with Crippen LogP contribution in [0.3, 0.4) is 0 Å². The van der Waals surface area contributed by atoms with Crippen molar-refractivity contribution in [1.82, 2.24) is 15.0 Å². The molecule has 3 heterocycles. The number of halogens is 3. The van der Waals surface area contributed by atoms with Gasteiger partial charge in [0.2, 0.25) is 11.8 Å². The highest BCUT2D eigenvalue weighted by molar-refractivity contribution is 6.07. The van der Waals surface area contributed by atoms with Crippen molar-refractivity contribution in [3.05, 3.63) is 89.2 Å². The van der Waals surface area contributed by atoms with Crippen molar-refractivity contribution in [3.63, 3.8) is 0 Å². The molecule has 2 aromatic carbocycles. The molecule has 1 aliphatic heterocycles. The monoisotopic (exact) mass is 505 g/mol. The largest absolute Gasteiger partial charge is 0.438 e. The Bertz CT molecular complexity index is 1490. The van der Waals surface area contributed by atoms with E-state index in [1.54, 1.807) is 49.8 Å². The summed E-state index contributed by atoms with van der Waals surface area (Å²) in [6.07, 6.45) is -0.801. The van der Waals surface area contributed by atoms with Crippen LogP contribution in [-0.2, 0) is 12.6 Å². The summed E-state index contributed by atoms with van der Waals surface area (Å²) in [6, 6.07) is 13.8. The van der Waals surface area contributed by atoms with Crippen molar-refractivity contribution >= 4 is 17.5 Å². The molecule has 37 heavy (non-hydrogen) atoms. The quantitative estimate of drug-likeness (QED) is 0.364. The van der Waals surface area contributed by atoms with Gasteiger partial charge < -0.3 is 15.0 Å². The number of amides is 1. The number of nitrogens with one attached hydrogen (secondary N) is 1. The lowest BCUT2D eigenvalue weighted by Crippen LogP contribution is -2.29.